The number of anilines is 1. The number of urea groups is 1. The van der Waals surface area contributed by atoms with Crippen LogP contribution in [0.25, 0.3) is 0 Å². The largest absolute Gasteiger partial charge is 0.379 e. The van der Waals surface area contributed by atoms with Gasteiger partial charge in [-0.25, -0.2) is 14.2 Å². The van der Waals surface area contributed by atoms with Crippen molar-refractivity contribution in [3.63, 3.8) is 0 Å². The van der Waals surface area contributed by atoms with Crippen LogP contribution in [0.15, 0.2) is 24.3 Å². The summed E-state index contributed by atoms with van der Waals surface area (Å²) in [7, 11) is 0. The SMILES string of the molecule is O=C(N[C@@H]1CC(=O)N(c2ccc(F)cc2)C1)NN1CCOCC1. The average molecular weight is 322 g/mol. The number of carbonyl (C=O) groups is 2. The maximum Gasteiger partial charge on any atom is 0.329 e. The first-order valence-corrected chi connectivity index (χ1v) is 7.57. The van der Waals surface area contributed by atoms with Gasteiger partial charge in [0.2, 0.25) is 5.91 Å². The molecule has 0 saturated carbocycles. The highest BCUT2D eigenvalue weighted by atomic mass is 19.1. The van der Waals surface area contributed by atoms with Crippen molar-refractivity contribution in [3.8, 4) is 0 Å². The minimum Gasteiger partial charge on any atom is -0.379 e. The van der Waals surface area contributed by atoms with Crippen LogP contribution in [0, 0.1) is 5.82 Å². The molecule has 7 nitrogen and oxygen atoms in total. The third-order valence-electron chi connectivity index (χ3n) is 3.87. The summed E-state index contributed by atoms with van der Waals surface area (Å²) in [5.41, 5.74) is 3.38. The van der Waals surface area contributed by atoms with Crippen molar-refractivity contribution in [2.75, 3.05) is 37.7 Å². The Balaban J connectivity index is 1.52. The number of carbonyl (C=O) groups excluding carboxylic acids is 2. The molecule has 0 spiro atoms. The van der Waals surface area contributed by atoms with Gasteiger partial charge >= 0.3 is 6.03 Å². The van der Waals surface area contributed by atoms with E-state index in [1.165, 1.54) is 12.1 Å². The highest BCUT2D eigenvalue weighted by Gasteiger charge is 2.31. The van der Waals surface area contributed by atoms with E-state index in [0.717, 1.165) is 0 Å². The van der Waals surface area contributed by atoms with Crippen LogP contribution in [0.5, 0.6) is 0 Å². The van der Waals surface area contributed by atoms with Gasteiger partial charge in [0.05, 0.1) is 19.3 Å². The number of hydrazine groups is 1. The number of hydrogen-bond donors (Lipinski definition) is 2. The molecule has 2 fully saturated rings. The molecule has 124 valence electrons. The van der Waals surface area contributed by atoms with Gasteiger partial charge in [0, 0.05) is 31.7 Å². The lowest BCUT2D eigenvalue weighted by atomic mass is 10.2. The van der Waals surface area contributed by atoms with Crippen molar-refractivity contribution in [2.45, 2.75) is 12.5 Å². The number of nitrogens with one attached hydrogen (secondary N) is 2. The third-order valence-corrected chi connectivity index (χ3v) is 3.87. The topological polar surface area (TPSA) is 73.9 Å². The number of benzene rings is 1. The fourth-order valence-electron chi connectivity index (χ4n) is 2.71. The van der Waals surface area contributed by atoms with Crippen LogP contribution < -0.4 is 15.6 Å². The molecule has 2 aliphatic rings. The van der Waals surface area contributed by atoms with Crippen molar-refractivity contribution < 1.29 is 18.7 Å². The molecule has 0 unspecified atom stereocenters. The monoisotopic (exact) mass is 322 g/mol. The van der Waals surface area contributed by atoms with Gasteiger partial charge in [0.25, 0.3) is 0 Å². The fourth-order valence-corrected chi connectivity index (χ4v) is 2.71. The Hall–Kier alpha value is -2.19. The molecule has 0 aliphatic carbocycles. The predicted molar refractivity (Wildman–Crippen MR) is 81.2 cm³/mol. The summed E-state index contributed by atoms with van der Waals surface area (Å²) in [5.74, 6) is -0.437. The number of hydrogen-bond acceptors (Lipinski definition) is 4. The molecule has 8 heteroatoms. The van der Waals surface area contributed by atoms with E-state index in [4.69, 9.17) is 4.74 Å². The molecule has 1 aromatic carbocycles. The summed E-state index contributed by atoms with van der Waals surface area (Å²) in [6.07, 6.45) is 0.230. The molecule has 0 bridgehead atoms. The maximum absolute atomic E-state index is 13.0. The molecule has 0 radical (unpaired) electrons. The number of morpholine rings is 1. The predicted octanol–water partition coefficient (Wildman–Crippen LogP) is 0.477. The molecular weight excluding hydrogens is 303 g/mol. The molecule has 2 saturated heterocycles. The summed E-state index contributed by atoms with van der Waals surface area (Å²) < 4.78 is 18.2. The first-order chi connectivity index (χ1) is 11.1. The highest BCUT2D eigenvalue weighted by molar-refractivity contribution is 5.96. The Morgan fingerprint density at radius 2 is 1.91 bits per heavy atom. The van der Waals surface area contributed by atoms with Crippen molar-refractivity contribution in [2.24, 2.45) is 0 Å². The second kappa shape index (κ2) is 6.93. The first-order valence-electron chi connectivity index (χ1n) is 7.57. The van der Waals surface area contributed by atoms with Crippen molar-refractivity contribution in [1.82, 2.24) is 15.8 Å². The lowest BCUT2D eigenvalue weighted by molar-refractivity contribution is -0.117. The van der Waals surface area contributed by atoms with E-state index in [9.17, 15) is 14.0 Å². The molecule has 1 aromatic rings. The molecule has 3 amide bonds. The first kappa shape index (κ1) is 15.7. The number of rotatable bonds is 3. The Bertz CT molecular complexity index is 575. The smallest absolute Gasteiger partial charge is 0.329 e. The lowest BCUT2D eigenvalue weighted by Gasteiger charge is -2.27. The van der Waals surface area contributed by atoms with Crippen LogP contribution in [0.3, 0.4) is 0 Å². The van der Waals surface area contributed by atoms with Crippen LogP contribution in [-0.2, 0) is 9.53 Å². The Kier molecular flexibility index (Phi) is 4.73. The van der Waals surface area contributed by atoms with Gasteiger partial charge in [-0.1, -0.05) is 0 Å². The van der Waals surface area contributed by atoms with Gasteiger partial charge in [-0.2, -0.15) is 0 Å². The summed E-state index contributed by atoms with van der Waals surface area (Å²) in [6, 6.07) is 5.15. The minimum atomic E-state index is -0.347. The molecule has 1 atom stereocenters. The fraction of sp³-hybridized carbons (Fsp3) is 0.467. The average Bonchev–Trinajstić information content (AvgIpc) is 2.89. The molecule has 3 rings (SSSR count). The van der Waals surface area contributed by atoms with Gasteiger partial charge in [-0.3, -0.25) is 10.2 Å². The summed E-state index contributed by atoms with van der Waals surface area (Å²) in [6.45, 7) is 2.82. The quantitative estimate of drug-likeness (QED) is 0.849. The molecule has 2 aliphatic heterocycles. The zero-order valence-electron chi connectivity index (χ0n) is 12.6. The Morgan fingerprint density at radius 1 is 1.22 bits per heavy atom. The van der Waals surface area contributed by atoms with Gasteiger partial charge in [-0.05, 0) is 24.3 Å². The summed E-state index contributed by atoms with van der Waals surface area (Å²) in [4.78, 5) is 25.6. The van der Waals surface area contributed by atoms with E-state index in [2.05, 4.69) is 10.7 Å². The van der Waals surface area contributed by atoms with E-state index in [1.807, 2.05) is 0 Å². The van der Waals surface area contributed by atoms with Crippen LogP contribution in [-0.4, -0.2) is 55.8 Å². The lowest BCUT2D eigenvalue weighted by Crippen LogP contribution is -2.53. The Labute approximate surface area is 133 Å². The van der Waals surface area contributed by atoms with Crippen molar-refractivity contribution >= 4 is 17.6 Å². The van der Waals surface area contributed by atoms with Crippen LogP contribution >= 0.6 is 0 Å². The second-order valence-corrected chi connectivity index (χ2v) is 5.57. The van der Waals surface area contributed by atoms with E-state index in [1.54, 1.807) is 22.0 Å². The zero-order chi connectivity index (χ0) is 16.2. The van der Waals surface area contributed by atoms with Gasteiger partial charge < -0.3 is 15.0 Å². The van der Waals surface area contributed by atoms with E-state index in [-0.39, 0.29) is 30.2 Å². The number of amides is 3. The van der Waals surface area contributed by atoms with Crippen LogP contribution in [0.1, 0.15) is 6.42 Å². The molecule has 23 heavy (non-hydrogen) atoms. The van der Waals surface area contributed by atoms with Gasteiger partial charge in [-0.15, -0.1) is 0 Å². The summed E-state index contributed by atoms with van der Waals surface area (Å²) >= 11 is 0. The highest BCUT2D eigenvalue weighted by Crippen LogP contribution is 2.21. The maximum atomic E-state index is 13.0. The molecular formula is C15H19FN4O3. The standard InChI is InChI=1S/C15H19FN4O3/c16-11-1-3-13(4-2-11)20-10-12(9-14(20)21)17-15(22)18-19-5-7-23-8-6-19/h1-4,12H,5-10H2,(H2,17,18,22)/t12-/m1/s1. The molecule has 0 aromatic heterocycles. The van der Waals surface area contributed by atoms with Gasteiger partial charge in [0.1, 0.15) is 5.82 Å². The minimum absolute atomic E-state index is 0.0896. The van der Waals surface area contributed by atoms with E-state index in [0.29, 0.717) is 38.5 Å². The Morgan fingerprint density at radius 3 is 2.61 bits per heavy atom. The molecule has 2 heterocycles. The van der Waals surface area contributed by atoms with Crippen LogP contribution in [0.2, 0.25) is 0 Å². The number of halogens is 1. The number of nitrogens with zero attached hydrogens (tertiary/aromatic N) is 2. The number of ether oxygens (including phenoxy) is 1. The van der Waals surface area contributed by atoms with Crippen LogP contribution in [0.4, 0.5) is 14.9 Å². The second-order valence-electron chi connectivity index (χ2n) is 5.57. The normalized spacial score (nSPS) is 22.2. The third kappa shape index (κ3) is 3.96. The van der Waals surface area contributed by atoms with Gasteiger partial charge in [0.15, 0.2) is 0 Å². The zero-order valence-corrected chi connectivity index (χ0v) is 12.6. The summed E-state index contributed by atoms with van der Waals surface area (Å²) in [5, 5.41) is 4.58. The van der Waals surface area contributed by atoms with E-state index < -0.39 is 0 Å². The molecule has 2 N–H and O–H groups in total. The van der Waals surface area contributed by atoms with Crippen molar-refractivity contribution in [3.05, 3.63) is 30.1 Å². The van der Waals surface area contributed by atoms with E-state index >= 15 is 0 Å². The van der Waals surface area contributed by atoms with Crippen molar-refractivity contribution in [1.29, 1.82) is 0 Å².